The van der Waals surface area contributed by atoms with Crippen molar-refractivity contribution >= 4 is 39.7 Å². The number of hydrogen-bond donors (Lipinski definition) is 3. The summed E-state index contributed by atoms with van der Waals surface area (Å²) in [7, 11) is 0. The van der Waals surface area contributed by atoms with Gasteiger partial charge in [-0.05, 0) is 55.5 Å². The fourth-order valence-electron chi connectivity index (χ4n) is 5.93. The Kier molecular flexibility index (Phi) is 5.93. The van der Waals surface area contributed by atoms with Crippen molar-refractivity contribution in [2.45, 2.75) is 51.7 Å². The molecule has 6 rings (SSSR count). The van der Waals surface area contributed by atoms with Crippen molar-refractivity contribution in [3.63, 3.8) is 0 Å². The molecule has 2 fully saturated rings. The van der Waals surface area contributed by atoms with Gasteiger partial charge in [-0.15, -0.1) is 0 Å². The van der Waals surface area contributed by atoms with Gasteiger partial charge in [0.1, 0.15) is 11.7 Å². The number of piperazine rings is 1. The van der Waals surface area contributed by atoms with Crippen molar-refractivity contribution < 1.29 is 14.4 Å². The third-order valence-corrected chi connectivity index (χ3v) is 7.81. The predicted molar refractivity (Wildman–Crippen MR) is 145 cm³/mol. The van der Waals surface area contributed by atoms with Crippen LogP contribution < -0.4 is 5.32 Å². The molecule has 0 spiro atoms. The molecule has 2 aliphatic heterocycles. The Labute approximate surface area is 220 Å². The molecule has 0 aliphatic carbocycles. The van der Waals surface area contributed by atoms with Gasteiger partial charge in [0, 0.05) is 24.0 Å². The van der Waals surface area contributed by atoms with Crippen LogP contribution in [0.15, 0.2) is 48.5 Å². The van der Waals surface area contributed by atoms with Crippen molar-refractivity contribution in [3.8, 4) is 0 Å². The Morgan fingerprint density at radius 1 is 1.00 bits per heavy atom. The Balaban J connectivity index is 1.15. The van der Waals surface area contributed by atoms with Crippen molar-refractivity contribution in [3.05, 3.63) is 65.6 Å². The van der Waals surface area contributed by atoms with E-state index in [4.69, 9.17) is 0 Å². The van der Waals surface area contributed by atoms with Gasteiger partial charge >= 0.3 is 0 Å². The second-order valence-corrected chi connectivity index (χ2v) is 11.0. The second-order valence-electron chi connectivity index (χ2n) is 11.0. The summed E-state index contributed by atoms with van der Waals surface area (Å²) in [5, 5.41) is 3.99. The van der Waals surface area contributed by atoms with Gasteiger partial charge in [0.2, 0.25) is 5.91 Å². The summed E-state index contributed by atoms with van der Waals surface area (Å²) in [6.07, 6.45) is 1.28. The predicted octanol–water partition coefficient (Wildman–Crippen LogP) is 3.62. The third-order valence-electron chi connectivity index (χ3n) is 7.81. The van der Waals surface area contributed by atoms with Gasteiger partial charge in [0.25, 0.3) is 11.8 Å². The molecule has 4 heterocycles. The number of imidazole rings is 1. The molecule has 0 saturated carbocycles. The molecule has 2 aliphatic rings. The summed E-state index contributed by atoms with van der Waals surface area (Å²) in [4.78, 5) is 54.6. The number of benzene rings is 2. The summed E-state index contributed by atoms with van der Waals surface area (Å²) >= 11 is 0. The van der Waals surface area contributed by atoms with E-state index in [2.05, 4.69) is 20.3 Å². The van der Waals surface area contributed by atoms with Gasteiger partial charge in [-0.2, -0.15) is 0 Å². The fraction of sp³-hybridized carbons (Fsp3) is 0.379. The molecule has 196 valence electrons. The topological polar surface area (TPSA) is 114 Å². The molecular weight excluding hydrogens is 480 g/mol. The van der Waals surface area contributed by atoms with Gasteiger partial charge in [-0.1, -0.05) is 38.1 Å². The van der Waals surface area contributed by atoms with Crippen LogP contribution in [0.5, 0.6) is 0 Å². The normalized spacial score (nSPS) is 19.6. The number of fused-ring (bicyclic) bond motifs is 4. The van der Waals surface area contributed by atoms with Crippen LogP contribution >= 0.6 is 0 Å². The molecule has 4 aromatic rings. The maximum Gasteiger partial charge on any atom is 0.290 e. The van der Waals surface area contributed by atoms with Gasteiger partial charge in [0.15, 0.2) is 5.82 Å². The highest BCUT2D eigenvalue weighted by molar-refractivity contribution is 6.01. The summed E-state index contributed by atoms with van der Waals surface area (Å²) in [5.74, 6) is 0.0468. The highest BCUT2D eigenvalue weighted by Gasteiger charge is 2.48. The number of aromatic nitrogens is 3. The minimum Gasteiger partial charge on any atom is -0.351 e. The van der Waals surface area contributed by atoms with E-state index >= 15 is 0 Å². The molecule has 38 heavy (non-hydrogen) atoms. The molecule has 9 nitrogen and oxygen atoms in total. The first-order valence-electron chi connectivity index (χ1n) is 13.2. The lowest BCUT2D eigenvalue weighted by Crippen LogP contribution is -2.56. The Bertz CT molecular complexity index is 1520. The summed E-state index contributed by atoms with van der Waals surface area (Å²) in [5.41, 5.74) is 4.01. The number of hydrogen-bond acceptors (Lipinski definition) is 4. The lowest BCUT2D eigenvalue weighted by molar-refractivity contribution is -0.135. The van der Waals surface area contributed by atoms with Crippen molar-refractivity contribution in [1.82, 2.24) is 30.1 Å². The number of nitrogens with one attached hydrogen (secondary N) is 3. The zero-order valence-electron chi connectivity index (χ0n) is 21.8. The summed E-state index contributed by atoms with van der Waals surface area (Å²) < 4.78 is 0. The van der Waals surface area contributed by atoms with Crippen LogP contribution in [-0.4, -0.2) is 73.7 Å². The number of carbonyl (C=O) groups is 3. The van der Waals surface area contributed by atoms with E-state index in [0.29, 0.717) is 31.0 Å². The van der Waals surface area contributed by atoms with Gasteiger partial charge in [-0.3, -0.25) is 14.4 Å². The summed E-state index contributed by atoms with van der Waals surface area (Å²) in [6, 6.07) is 14.6. The van der Waals surface area contributed by atoms with Crippen molar-refractivity contribution in [2.75, 3.05) is 13.1 Å². The first-order valence-corrected chi connectivity index (χ1v) is 13.2. The molecule has 3 atom stereocenters. The Morgan fingerprint density at radius 2 is 1.74 bits per heavy atom. The van der Waals surface area contributed by atoms with E-state index in [-0.39, 0.29) is 35.7 Å². The minimum absolute atomic E-state index is 0.0586. The van der Waals surface area contributed by atoms with Gasteiger partial charge in [0.05, 0.1) is 23.1 Å². The van der Waals surface area contributed by atoms with Crippen molar-refractivity contribution in [2.24, 2.45) is 5.92 Å². The number of para-hydroxylation sites is 2. The number of amides is 3. The van der Waals surface area contributed by atoms with Gasteiger partial charge in [-0.25, -0.2) is 4.98 Å². The number of likely N-dealkylation sites (tertiary alicyclic amines) is 2. The lowest BCUT2D eigenvalue weighted by atomic mass is 10.0. The number of rotatable bonds is 6. The van der Waals surface area contributed by atoms with E-state index in [1.165, 1.54) is 0 Å². The number of carbonyl (C=O) groups excluding carboxylic acids is 3. The highest BCUT2D eigenvalue weighted by atomic mass is 16.2. The molecule has 2 aromatic heterocycles. The standard InChI is InChI=1S/C29H32N6O3/c1-16(2)11-25(33-27(36)24-13-20-17(3)7-6-10-21(20)30-24)28(37)34-14-19-12-18(34)15-35(19)29(38)26-31-22-8-4-5-9-23(22)32-26/h4-10,13,16,18-19,25,30H,11-12,14-15H2,1-3H3,(H,31,32)(H,33,36)/t18?,19-,25-/m0/s1. The second kappa shape index (κ2) is 9.31. The van der Waals surface area contributed by atoms with Crippen LogP contribution in [0, 0.1) is 12.8 Å². The highest BCUT2D eigenvalue weighted by Crippen LogP contribution is 2.33. The average Bonchev–Trinajstić information content (AvgIpc) is 3.69. The zero-order chi connectivity index (χ0) is 26.6. The minimum atomic E-state index is -0.631. The number of aryl methyl sites for hydroxylation is 1. The van der Waals surface area contributed by atoms with Crippen LogP contribution in [0.25, 0.3) is 21.9 Å². The number of nitrogens with zero attached hydrogens (tertiary/aromatic N) is 3. The largest absolute Gasteiger partial charge is 0.351 e. The molecule has 1 unspecified atom stereocenters. The fourth-order valence-corrected chi connectivity index (χ4v) is 5.93. The quantitative estimate of drug-likeness (QED) is 0.366. The van der Waals surface area contributed by atoms with Crippen LogP contribution in [0.4, 0.5) is 0 Å². The first kappa shape index (κ1) is 24.2. The van der Waals surface area contributed by atoms with E-state index in [0.717, 1.165) is 33.9 Å². The van der Waals surface area contributed by atoms with Gasteiger partial charge < -0.3 is 25.1 Å². The van der Waals surface area contributed by atoms with Crippen LogP contribution in [0.1, 0.15) is 53.4 Å². The maximum atomic E-state index is 13.7. The van der Waals surface area contributed by atoms with Crippen LogP contribution in [0.2, 0.25) is 0 Å². The molecule has 3 amide bonds. The molecule has 2 bridgehead atoms. The first-order chi connectivity index (χ1) is 18.3. The third kappa shape index (κ3) is 4.21. The van der Waals surface area contributed by atoms with Crippen LogP contribution in [0.3, 0.4) is 0 Å². The van der Waals surface area contributed by atoms with E-state index < -0.39 is 6.04 Å². The van der Waals surface area contributed by atoms with Crippen molar-refractivity contribution in [1.29, 1.82) is 0 Å². The molecule has 2 aromatic carbocycles. The molecule has 3 N–H and O–H groups in total. The summed E-state index contributed by atoms with van der Waals surface area (Å²) in [6.45, 7) is 7.03. The van der Waals surface area contributed by atoms with E-state index in [1.807, 2.05) is 79.1 Å². The zero-order valence-corrected chi connectivity index (χ0v) is 21.8. The Morgan fingerprint density at radius 3 is 2.45 bits per heavy atom. The Hall–Kier alpha value is -4.14. The monoisotopic (exact) mass is 512 g/mol. The smallest absolute Gasteiger partial charge is 0.290 e. The molecule has 2 saturated heterocycles. The molecule has 9 heteroatoms. The molecular formula is C29H32N6O3. The van der Waals surface area contributed by atoms with E-state index in [1.54, 1.807) is 0 Å². The molecule has 0 radical (unpaired) electrons. The lowest BCUT2D eigenvalue weighted by Gasteiger charge is -2.36. The van der Waals surface area contributed by atoms with E-state index in [9.17, 15) is 14.4 Å². The number of aromatic amines is 2. The van der Waals surface area contributed by atoms with Crippen LogP contribution in [-0.2, 0) is 4.79 Å². The average molecular weight is 513 g/mol. The SMILES string of the molecule is Cc1cccc2[nH]c(C(=O)N[C@@H](CC(C)C)C(=O)N3C[C@@H]4CC3CN4C(=O)c3nc4ccccc4[nH]3)cc12. The number of H-pyrrole nitrogens is 2. The maximum absolute atomic E-state index is 13.7.